The first-order chi connectivity index (χ1) is 16.8. The zero-order chi connectivity index (χ0) is 25.1. The molecule has 0 aromatic heterocycles. The summed E-state index contributed by atoms with van der Waals surface area (Å²) in [7, 11) is 0. The highest BCUT2D eigenvalue weighted by Crippen LogP contribution is 2.44. The third kappa shape index (κ3) is 5.01. The second-order valence-corrected chi connectivity index (χ2v) is 8.68. The SMILES string of the molecule is CC(C)[C@@H](NC(=O)c1cc(NC(=O)OCC2c3ccccc3-c3ccccc32)ccc1F)C(=O)O. The molecule has 1 aliphatic carbocycles. The molecule has 0 unspecified atom stereocenters. The highest BCUT2D eigenvalue weighted by atomic mass is 19.1. The fourth-order valence-electron chi connectivity index (χ4n) is 4.26. The lowest BCUT2D eigenvalue weighted by Crippen LogP contribution is -2.44. The number of hydrogen-bond donors (Lipinski definition) is 3. The Morgan fingerprint density at radius 3 is 2.14 bits per heavy atom. The summed E-state index contributed by atoms with van der Waals surface area (Å²) >= 11 is 0. The Morgan fingerprint density at radius 2 is 1.57 bits per heavy atom. The summed E-state index contributed by atoms with van der Waals surface area (Å²) in [6.07, 6.45) is -0.754. The molecule has 3 aromatic rings. The van der Waals surface area contributed by atoms with Crippen LogP contribution in [0.4, 0.5) is 14.9 Å². The first-order valence-corrected chi connectivity index (χ1v) is 11.2. The monoisotopic (exact) mass is 476 g/mol. The van der Waals surface area contributed by atoms with Crippen LogP contribution in [0.2, 0.25) is 0 Å². The molecule has 0 spiro atoms. The van der Waals surface area contributed by atoms with Crippen molar-refractivity contribution in [2.24, 2.45) is 5.92 Å². The molecule has 4 rings (SSSR count). The van der Waals surface area contributed by atoms with Gasteiger partial charge in [-0.05, 0) is 46.4 Å². The van der Waals surface area contributed by atoms with Gasteiger partial charge in [0.1, 0.15) is 18.5 Å². The van der Waals surface area contributed by atoms with E-state index in [1.165, 1.54) is 6.07 Å². The standard InChI is InChI=1S/C27H25FN2O5/c1-15(2)24(26(32)33)30-25(31)21-13-16(11-12-23(21)28)29-27(34)35-14-22-19-9-5-3-7-17(19)18-8-4-6-10-20(18)22/h3-13,15,22,24H,14H2,1-2H3,(H,29,34)(H,30,31)(H,32,33)/t24-/m1/s1. The molecule has 0 saturated heterocycles. The van der Waals surface area contributed by atoms with Crippen molar-refractivity contribution in [1.82, 2.24) is 5.32 Å². The number of carbonyl (C=O) groups excluding carboxylic acids is 2. The van der Waals surface area contributed by atoms with Crippen LogP contribution in [0.3, 0.4) is 0 Å². The second-order valence-electron chi connectivity index (χ2n) is 8.68. The molecule has 7 nitrogen and oxygen atoms in total. The summed E-state index contributed by atoms with van der Waals surface area (Å²) in [6.45, 7) is 3.36. The fourth-order valence-corrected chi connectivity index (χ4v) is 4.26. The smallest absolute Gasteiger partial charge is 0.411 e. The molecule has 1 aliphatic rings. The highest BCUT2D eigenvalue weighted by molar-refractivity contribution is 5.98. The lowest BCUT2D eigenvalue weighted by Gasteiger charge is -2.18. The van der Waals surface area contributed by atoms with Crippen LogP contribution in [0.15, 0.2) is 66.7 Å². The van der Waals surface area contributed by atoms with Gasteiger partial charge in [-0.1, -0.05) is 62.4 Å². The number of aliphatic carboxylic acids is 1. The number of hydrogen-bond acceptors (Lipinski definition) is 4. The number of nitrogens with one attached hydrogen (secondary N) is 2. The molecular weight excluding hydrogens is 451 g/mol. The van der Waals surface area contributed by atoms with E-state index in [2.05, 4.69) is 10.6 Å². The highest BCUT2D eigenvalue weighted by Gasteiger charge is 2.29. The number of halogens is 1. The molecule has 3 N–H and O–H groups in total. The van der Waals surface area contributed by atoms with Crippen LogP contribution in [-0.4, -0.2) is 35.7 Å². The average molecular weight is 477 g/mol. The molecule has 0 radical (unpaired) electrons. The molecule has 8 heteroatoms. The predicted molar refractivity (Wildman–Crippen MR) is 129 cm³/mol. The van der Waals surface area contributed by atoms with E-state index in [1.807, 2.05) is 48.5 Å². The van der Waals surface area contributed by atoms with Crippen LogP contribution in [0, 0.1) is 11.7 Å². The van der Waals surface area contributed by atoms with Crippen LogP contribution in [0.5, 0.6) is 0 Å². The van der Waals surface area contributed by atoms with E-state index in [1.54, 1.807) is 13.8 Å². The Balaban J connectivity index is 1.44. The first-order valence-electron chi connectivity index (χ1n) is 11.2. The van der Waals surface area contributed by atoms with Gasteiger partial charge in [0.15, 0.2) is 0 Å². The van der Waals surface area contributed by atoms with Gasteiger partial charge in [0, 0.05) is 11.6 Å². The van der Waals surface area contributed by atoms with Crippen molar-refractivity contribution in [2.45, 2.75) is 25.8 Å². The van der Waals surface area contributed by atoms with Crippen molar-refractivity contribution < 1.29 is 28.6 Å². The Bertz CT molecular complexity index is 1240. The minimum absolute atomic E-state index is 0.100. The largest absolute Gasteiger partial charge is 0.480 e. The van der Waals surface area contributed by atoms with Crippen LogP contribution >= 0.6 is 0 Å². The Hall–Kier alpha value is -4.20. The van der Waals surface area contributed by atoms with Crippen molar-refractivity contribution in [2.75, 3.05) is 11.9 Å². The van der Waals surface area contributed by atoms with Crippen LogP contribution in [0.1, 0.15) is 41.3 Å². The number of benzene rings is 3. The molecule has 0 heterocycles. The predicted octanol–water partition coefficient (Wildman–Crippen LogP) is 5.03. The summed E-state index contributed by atoms with van der Waals surface area (Å²) in [5.41, 5.74) is 4.11. The summed E-state index contributed by atoms with van der Waals surface area (Å²) in [5.74, 6) is -3.47. The van der Waals surface area contributed by atoms with Crippen LogP contribution in [0.25, 0.3) is 11.1 Å². The quantitative estimate of drug-likeness (QED) is 0.444. The number of ether oxygens (including phenoxy) is 1. The number of rotatable bonds is 7. The minimum atomic E-state index is -1.22. The van der Waals surface area contributed by atoms with E-state index in [9.17, 15) is 23.9 Å². The molecule has 180 valence electrons. The lowest BCUT2D eigenvalue weighted by atomic mass is 9.98. The van der Waals surface area contributed by atoms with E-state index in [0.717, 1.165) is 34.4 Å². The summed E-state index contributed by atoms with van der Waals surface area (Å²) < 4.78 is 19.8. The number of fused-ring (bicyclic) bond motifs is 3. The molecule has 35 heavy (non-hydrogen) atoms. The number of anilines is 1. The molecule has 2 amide bonds. The van der Waals surface area contributed by atoms with E-state index in [-0.39, 0.29) is 23.8 Å². The maximum Gasteiger partial charge on any atom is 0.411 e. The fraction of sp³-hybridized carbons (Fsp3) is 0.222. The summed E-state index contributed by atoms with van der Waals surface area (Å²) in [4.78, 5) is 36.4. The number of carboxylic acids is 1. The third-order valence-electron chi connectivity index (χ3n) is 6.02. The van der Waals surface area contributed by atoms with Gasteiger partial charge in [-0.15, -0.1) is 0 Å². The lowest BCUT2D eigenvalue weighted by molar-refractivity contribution is -0.140. The van der Waals surface area contributed by atoms with Gasteiger partial charge >= 0.3 is 12.1 Å². The van der Waals surface area contributed by atoms with Gasteiger partial charge in [-0.2, -0.15) is 0 Å². The Labute approximate surface area is 201 Å². The summed E-state index contributed by atoms with van der Waals surface area (Å²) in [6, 6.07) is 18.2. The maximum absolute atomic E-state index is 14.3. The zero-order valence-corrected chi connectivity index (χ0v) is 19.2. The van der Waals surface area contributed by atoms with Gasteiger partial charge in [0.2, 0.25) is 0 Å². The molecule has 0 saturated carbocycles. The van der Waals surface area contributed by atoms with Crippen molar-refractivity contribution in [3.05, 3.63) is 89.2 Å². The zero-order valence-electron chi connectivity index (χ0n) is 19.2. The van der Waals surface area contributed by atoms with Crippen molar-refractivity contribution in [3.63, 3.8) is 0 Å². The Morgan fingerprint density at radius 1 is 0.971 bits per heavy atom. The molecule has 0 aliphatic heterocycles. The van der Waals surface area contributed by atoms with Crippen molar-refractivity contribution in [1.29, 1.82) is 0 Å². The molecular formula is C27H25FN2O5. The first kappa shape index (κ1) is 23.9. The number of amides is 2. The van der Waals surface area contributed by atoms with Gasteiger partial charge in [-0.3, -0.25) is 10.1 Å². The van der Waals surface area contributed by atoms with E-state index < -0.39 is 35.7 Å². The molecule has 0 bridgehead atoms. The Kier molecular flexibility index (Phi) is 6.82. The van der Waals surface area contributed by atoms with Crippen molar-refractivity contribution >= 4 is 23.7 Å². The minimum Gasteiger partial charge on any atom is -0.480 e. The average Bonchev–Trinajstić information content (AvgIpc) is 3.15. The molecule has 1 atom stereocenters. The van der Waals surface area contributed by atoms with Crippen LogP contribution < -0.4 is 10.6 Å². The second kappa shape index (κ2) is 9.97. The van der Waals surface area contributed by atoms with Gasteiger partial charge in [0.25, 0.3) is 5.91 Å². The molecule has 0 fully saturated rings. The number of carboxylic acid groups (broad SMARTS) is 1. The van der Waals surface area contributed by atoms with E-state index in [4.69, 9.17) is 4.74 Å². The number of carbonyl (C=O) groups is 3. The van der Waals surface area contributed by atoms with Gasteiger partial charge in [0.05, 0.1) is 5.56 Å². The molecule has 3 aromatic carbocycles. The van der Waals surface area contributed by atoms with Gasteiger partial charge < -0.3 is 15.2 Å². The van der Waals surface area contributed by atoms with Gasteiger partial charge in [-0.25, -0.2) is 14.0 Å². The normalized spacial score (nSPS) is 13.0. The van der Waals surface area contributed by atoms with Crippen molar-refractivity contribution in [3.8, 4) is 11.1 Å². The topological polar surface area (TPSA) is 105 Å². The third-order valence-corrected chi connectivity index (χ3v) is 6.02. The van der Waals surface area contributed by atoms with E-state index in [0.29, 0.717) is 0 Å². The summed E-state index contributed by atoms with van der Waals surface area (Å²) in [5, 5.41) is 14.1. The van der Waals surface area contributed by atoms with Crippen LogP contribution in [-0.2, 0) is 9.53 Å². The van der Waals surface area contributed by atoms with E-state index >= 15 is 0 Å². The maximum atomic E-state index is 14.3.